The van der Waals surface area contributed by atoms with Crippen molar-refractivity contribution in [2.45, 2.75) is 246 Å². The molecule has 0 aromatic heterocycles. The maximum Gasteiger partial charge on any atom is 3.00 e. The number of aliphatic carboxylic acids is 5. The monoisotopic (exact) mass is 1160 g/mol. The predicted molar refractivity (Wildman–Crippen MR) is 243 cm³/mol. The summed E-state index contributed by atoms with van der Waals surface area (Å²) in [6.07, 6.45) is 21.4. The first-order valence-corrected chi connectivity index (χ1v) is 27.3. The fourth-order valence-electron chi connectivity index (χ4n) is 4.84. The van der Waals surface area contributed by atoms with Crippen molar-refractivity contribution in [2.24, 2.45) is 29.6 Å². The van der Waals surface area contributed by atoms with E-state index in [0.29, 0.717) is 29.6 Å². The third-order valence-corrected chi connectivity index (χ3v) is 12.5. The van der Waals surface area contributed by atoms with Gasteiger partial charge >= 0.3 is 95.7 Å². The minimum atomic E-state index is -0.927. The Morgan fingerprint density at radius 2 is 0.500 bits per heavy atom. The number of unbranched alkanes of at least 4 members (excludes halogenated alkanes) is 7. The van der Waals surface area contributed by atoms with Crippen molar-refractivity contribution in [1.82, 2.24) is 0 Å². The number of hydrogen-bond donors (Lipinski definition) is 0. The van der Waals surface area contributed by atoms with Gasteiger partial charge < -0.3 is 49.5 Å². The number of rotatable bonds is 31. The van der Waals surface area contributed by atoms with E-state index >= 15 is 0 Å². The van der Waals surface area contributed by atoms with E-state index in [9.17, 15) is 49.5 Å². The molecule has 0 rings (SSSR count). The van der Waals surface area contributed by atoms with E-state index in [-0.39, 0.29) is 79.4 Å². The molecule has 60 heavy (non-hydrogen) atoms. The molecule has 0 heterocycles. The molecular weight excluding hydrogens is 1060 g/mol. The Kier molecular flexibility index (Phi) is 73.6. The Morgan fingerprint density at radius 1 is 0.333 bits per heavy atom. The van der Waals surface area contributed by atoms with Gasteiger partial charge in [0.25, 0.3) is 0 Å². The van der Waals surface area contributed by atoms with Gasteiger partial charge in [0.15, 0.2) is 0 Å². The molecule has 0 aliphatic rings. The maximum atomic E-state index is 9.93. The van der Waals surface area contributed by atoms with Crippen LogP contribution in [0.2, 0.25) is 8.87 Å². The summed E-state index contributed by atoms with van der Waals surface area (Å²) in [5.41, 5.74) is 0. The Hall–Kier alpha value is -0.968. The van der Waals surface area contributed by atoms with Gasteiger partial charge in [0, 0.05) is 29.8 Å². The fourth-order valence-corrected chi connectivity index (χ4v) is 9.00. The zero-order valence-corrected chi connectivity index (χ0v) is 47.1. The molecule has 0 unspecified atom stereocenters. The summed E-state index contributed by atoms with van der Waals surface area (Å²) in [4.78, 5) is 49.7. The van der Waals surface area contributed by atoms with E-state index < -0.39 is 29.8 Å². The smallest absolute Gasteiger partial charge is 3.00 e. The van der Waals surface area contributed by atoms with Crippen molar-refractivity contribution in [1.29, 1.82) is 0 Å². The second-order valence-electron chi connectivity index (χ2n) is 17.5. The third-order valence-electron chi connectivity index (χ3n) is 8.48. The van der Waals surface area contributed by atoms with Crippen LogP contribution in [-0.4, -0.2) is 77.2 Å². The van der Waals surface area contributed by atoms with Crippen LogP contribution in [0.15, 0.2) is 0 Å². The summed E-state index contributed by atoms with van der Waals surface area (Å²) in [7, 11) is 0. The number of carbonyl (C=O) groups is 5. The van der Waals surface area contributed by atoms with Crippen molar-refractivity contribution < 1.29 is 49.5 Å². The van der Waals surface area contributed by atoms with Crippen molar-refractivity contribution >= 4 is 77.2 Å². The van der Waals surface area contributed by atoms with E-state index in [1.165, 1.54) is 25.7 Å². The first kappa shape index (κ1) is 73.4. The van der Waals surface area contributed by atoms with Gasteiger partial charge in [-0.1, -0.05) is 133 Å². The van der Waals surface area contributed by atoms with Gasteiger partial charge in [-0.15, -0.1) is 0 Å². The van der Waals surface area contributed by atoms with E-state index in [4.69, 9.17) is 0 Å². The van der Waals surface area contributed by atoms with Crippen LogP contribution in [-0.2, 0) is 24.0 Å². The van der Waals surface area contributed by atoms with Crippen LogP contribution in [0, 0.1) is 29.6 Å². The van der Waals surface area contributed by atoms with E-state index in [1.54, 1.807) is 8.87 Å². The molecule has 10 nitrogen and oxygen atoms in total. The van der Waals surface area contributed by atoms with Crippen LogP contribution in [0.1, 0.15) is 237 Å². The minimum absolute atomic E-state index is 0. The first-order valence-electron chi connectivity index (χ1n) is 23.2. The Balaban J connectivity index is -0.000000112. The van der Waals surface area contributed by atoms with Crippen LogP contribution in [0.5, 0.6) is 0 Å². The van der Waals surface area contributed by atoms with Crippen molar-refractivity contribution in [3.05, 3.63) is 0 Å². The van der Waals surface area contributed by atoms with Gasteiger partial charge in [0.05, 0.1) is 0 Å². The van der Waals surface area contributed by atoms with Crippen LogP contribution < -0.4 is 25.5 Å². The molecule has 0 atom stereocenters. The average Bonchev–Trinajstić information content (AvgIpc) is 3.11. The van der Waals surface area contributed by atoms with E-state index in [0.717, 1.165) is 96.3 Å². The van der Waals surface area contributed by atoms with Crippen LogP contribution in [0.25, 0.3) is 0 Å². The molecule has 12 heteroatoms. The molecule has 0 aromatic carbocycles. The molecule has 2 radical (unpaired) electrons. The third kappa shape index (κ3) is 112. The Labute approximate surface area is 399 Å². The predicted octanol–water partition coefficient (Wildman–Crippen LogP) is 7.51. The molecule has 0 aromatic rings. The summed E-state index contributed by atoms with van der Waals surface area (Å²) in [6.45, 7) is 26.0. The van der Waals surface area contributed by atoms with Crippen LogP contribution in [0.4, 0.5) is 0 Å². The molecular formula is C48H93BiO10Sn. The van der Waals surface area contributed by atoms with Crippen molar-refractivity contribution in [2.75, 3.05) is 0 Å². The standard InChI is InChI=1S/5C8H16O2.2C4H9.Bi.Sn/c5*1-7(2)5-3-4-6-8(9)10;2*1-3-4-2;;/h5*7H,3-6H2,1-2H3,(H,9,10);2*1,3-4H2,2H3;;/q;;;;;;;+3;+2/p-5. The second kappa shape index (κ2) is 60.1. The summed E-state index contributed by atoms with van der Waals surface area (Å²) < 4.78 is 3.25. The molecule has 0 amide bonds. The van der Waals surface area contributed by atoms with E-state index in [2.05, 4.69) is 83.1 Å². The topological polar surface area (TPSA) is 201 Å². The zero-order valence-electron chi connectivity index (χ0n) is 40.8. The first-order chi connectivity index (χ1) is 27.5. The molecule has 0 spiro atoms. The van der Waals surface area contributed by atoms with Gasteiger partial charge in [-0.3, -0.25) is 0 Å². The molecule has 354 valence electrons. The Bertz CT molecular complexity index is 755. The molecule has 0 saturated carbocycles. The molecule has 0 aliphatic carbocycles. The SMILES string of the molecule is CC(C)CCCCC(=O)[O-].CC(C)CCCCC(=O)[O-].CC(C)CCCCC(=O)[O-].CC(C)CCCCC(=O)[O-].CC(C)CCCCC(=O)[O-].CCC[CH2][Sn+2][CH2]CCC.[Bi+3]. The number of carbonyl (C=O) groups excluding carboxylic acids is 5. The van der Waals surface area contributed by atoms with E-state index in [1.807, 2.05) is 0 Å². The molecule has 0 bridgehead atoms. The minimum Gasteiger partial charge on any atom is 3.00 e. The number of carboxylic acid groups (broad SMARTS) is 5. The summed E-state index contributed by atoms with van der Waals surface area (Å²) in [6, 6.07) is 0. The average molecular weight is 1160 g/mol. The second-order valence-corrected chi connectivity index (χ2v) is 21.8. The molecule has 0 aliphatic heterocycles. The van der Waals surface area contributed by atoms with Crippen molar-refractivity contribution in [3.8, 4) is 0 Å². The molecule has 0 saturated heterocycles. The van der Waals surface area contributed by atoms with Gasteiger partial charge in [0.1, 0.15) is 0 Å². The largest absolute Gasteiger partial charge is 3.00 e. The number of carboxylic acids is 5. The molecule has 0 fully saturated rings. The van der Waals surface area contributed by atoms with Gasteiger partial charge in [-0.05, 0) is 93.8 Å². The van der Waals surface area contributed by atoms with Crippen LogP contribution in [0.3, 0.4) is 0 Å². The van der Waals surface area contributed by atoms with Crippen LogP contribution >= 0.6 is 0 Å². The normalized spacial score (nSPS) is 9.95. The van der Waals surface area contributed by atoms with Gasteiger partial charge in [0.2, 0.25) is 0 Å². The number of hydrogen-bond acceptors (Lipinski definition) is 10. The maximum absolute atomic E-state index is 9.93. The summed E-state index contributed by atoms with van der Waals surface area (Å²) in [5, 5.41) is 49.7. The fraction of sp³-hybridized carbons (Fsp3) is 0.896. The van der Waals surface area contributed by atoms with Gasteiger partial charge in [-0.25, -0.2) is 0 Å². The Morgan fingerprint density at radius 3 is 0.617 bits per heavy atom. The summed E-state index contributed by atoms with van der Waals surface area (Å²) >= 11 is 0.149. The quantitative estimate of drug-likeness (QED) is 0.0494. The summed E-state index contributed by atoms with van der Waals surface area (Å²) in [5.74, 6) is -1.22. The zero-order chi connectivity index (χ0) is 46.9. The van der Waals surface area contributed by atoms with Gasteiger partial charge in [-0.2, -0.15) is 0 Å². The van der Waals surface area contributed by atoms with Crippen molar-refractivity contribution in [3.63, 3.8) is 0 Å². The molecule has 0 N–H and O–H groups in total.